The summed E-state index contributed by atoms with van der Waals surface area (Å²) in [6, 6.07) is 13.1. The molecular weight excluding hydrogens is 402 g/mol. The largest absolute Gasteiger partial charge is 0.497 e. The van der Waals surface area contributed by atoms with Crippen LogP contribution in [0.15, 0.2) is 53.4 Å². The van der Waals surface area contributed by atoms with E-state index in [9.17, 15) is 13.2 Å². The van der Waals surface area contributed by atoms with Gasteiger partial charge in [0.2, 0.25) is 5.91 Å². The van der Waals surface area contributed by atoms with Crippen molar-refractivity contribution in [2.24, 2.45) is 11.8 Å². The highest BCUT2D eigenvalue weighted by atomic mass is 32.2. The van der Waals surface area contributed by atoms with Gasteiger partial charge >= 0.3 is 0 Å². The van der Waals surface area contributed by atoms with Crippen LogP contribution in [0.5, 0.6) is 17.2 Å². The maximum Gasteiger partial charge on any atom is 0.264 e. The first kappa shape index (κ1) is 22.2. The summed E-state index contributed by atoms with van der Waals surface area (Å²) in [6.07, 6.45) is 5.81. The summed E-state index contributed by atoms with van der Waals surface area (Å²) in [5, 5.41) is 0. The van der Waals surface area contributed by atoms with Gasteiger partial charge in [0, 0.05) is 5.92 Å². The molecule has 6 nitrogen and oxygen atoms in total. The standard InChI is InChI=1S/C23H29NO5S/c1-3-4-17-5-7-18(8-6-17)23(25)24-30(26,27)22-15-13-21(14-16-22)29-20-11-9-19(28-2)10-12-20/h9-18H,3-8H2,1-2H3,(H,24,25). The van der Waals surface area contributed by atoms with E-state index < -0.39 is 15.9 Å². The smallest absolute Gasteiger partial charge is 0.264 e. The summed E-state index contributed by atoms with van der Waals surface area (Å²) in [5.41, 5.74) is 0. The molecule has 0 heterocycles. The fourth-order valence-electron chi connectivity index (χ4n) is 3.86. The Morgan fingerprint density at radius 2 is 1.47 bits per heavy atom. The first-order valence-electron chi connectivity index (χ1n) is 10.4. The predicted molar refractivity (Wildman–Crippen MR) is 115 cm³/mol. The van der Waals surface area contributed by atoms with Crippen molar-refractivity contribution >= 4 is 15.9 Å². The molecule has 1 aliphatic rings. The second kappa shape index (κ2) is 9.98. The molecule has 30 heavy (non-hydrogen) atoms. The normalized spacial score (nSPS) is 19.1. The van der Waals surface area contributed by atoms with Gasteiger partial charge in [0.05, 0.1) is 12.0 Å². The topological polar surface area (TPSA) is 81.7 Å². The molecule has 1 aliphatic carbocycles. The number of hydrogen-bond acceptors (Lipinski definition) is 5. The minimum atomic E-state index is -3.90. The fraction of sp³-hybridized carbons (Fsp3) is 0.435. The molecule has 162 valence electrons. The van der Waals surface area contributed by atoms with Gasteiger partial charge < -0.3 is 9.47 Å². The highest BCUT2D eigenvalue weighted by Crippen LogP contribution is 2.32. The van der Waals surface area contributed by atoms with Crippen LogP contribution in [-0.4, -0.2) is 21.4 Å². The molecule has 1 saturated carbocycles. The Labute approximate surface area is 178 Å². The lowest BCUT2D eigenvalue weighted by Crippen LogP contribution is -2.37. The predicted octanol–water partition coefficient (Wildman–Crippen LogP) is 4.90. The second-order valence-corrected chi connectivity index (χ2v) is 9.41. The van der Waals surface area contributed by atoms with Crippen molar-refractivity contribution in [3.05, 3.63) is 48.5 Å². The minimum Gasteiger partial charge on any atom is -0.497 e. The third kappa shape index (κ3) is 5.75. The molecule has 0 bridgehead atoms. The van der Waals surface area contributed by atoms with Crippen LogP contribution in [0.3, 0.4) is 0 Å². The number of sulfonamides is 1. The highest BCUT2D eigenvalue weighted by molar-refractivity contribution is 7.90. The van der Waals surface area contributed by atoms with E-state index in [1.807, 2.05) is 0 Å². The van der Waals surface area contributed by atoms with Crippen LogP contribution >= 0.6 is 0 Å². The first-order valence-corrected chi connectivity index (χ1v) is 11.9. The molecule has 0 aliphatic heterocycles. The number of hydrogen-bond donors (Lipinski definition) is 1. The zero-order valence-corrected chi connectivity index (χ0v) is 18.3. The molecule has 7 heteroatoms. The van der Waals surface area contributed by atoms with Gasteiger partial charge in [-0.05, 0) is 80.1 Å². The Kier molecular flexibility index (Phi) is 7.37. The molecule has 0 atom stereocenters. The van der Waals surface area contributed by atoms with Crippen LogP contribution in [0.2, 0.25) is 0 Å². The van der Waals surface area contributed by atoms with Crippen molar-refractivity contribution in [2.75, 3.05) is 7.11 Å². The summed E-state index contributed by atoms with van der Waals surface area (Å²) in [5.74, 6) is 1.86. The van der Waals surface area contributed by atoms with Gasteiger partial charge in [-0.1, -0.05) is 19.8 Å². The summed E-state index contributed by atoms with van der Waals surface area (Å²) < 4.78 is 38.3. The Hall–Kier alpha value is -2.54. The lowest BCUT2D eigenvalue weighted by atomic mass is 9.80. The van der Waals surface area contributed by atoms with Crippen LogP contribution in [0.1, 0.15) is 45.4 Å². The van der Waals surface area contributed by atoms with E-state index in [0.717, 1.165) is 37.9 Å². The summed E-state index contributed by atoms with van der Waals surface area (Å²) in [7, 11) is -2.31. The molecule has 0 unspecified atom stereocenters. The number of benzene rings is 2. The molecule has 3 rings (SSSR count). The molecule has 1 N–H and O–H groups in total. The molecule has 2 aromatic carbocycles. The van der Waals surface area contributed by atoms with Crippen LogP contribution in [0.25, 0.3) is 0 Å². The van der Waals surface area contributed by atoms with Crippen molar-refractivity contribution in [3.8, 4) is 17.2 Å². The van der Waals surface area contributed by atoms with Gasteiger partial charge in [0.25, 0.3) is 10.0 Å². The van der Waals surface area contributed by atoms with Gasteiger partial charge in [-0.15, -0.1) is 0 Å². The van der Waals surface area contributed by atoms with Gasteiger partial charge in [-0.25, -0.2) is 13.1 Å². The van der Waals surface area contributed by atoms with E-state index >= 15 is 0 Å². The first-order chi connectivity index (χ1) is 14.4. The molecule has 2 aromatic rings. The molecule has 0 saturated heterocycles. The molecule has 0 spiro atoms. The number of rotatable bonds is 8. The van der Waals surface area contributed by atoms with Gasteiger partial charge in [0.15, 0.2) is 0 Å². The average molecular weight is 432 g/mol. The van der Waals surface area contributed by atoms with Crippen molar-refractivity contribution in [2.45, 2.75) is 50.3 Å². The summed E-state index contributed by atoms with van der Waals surface area (Å²) in [6.45, 7) is 2.17. The molecule has 0 aromatic heterocycles. The monoisotopic (exact) mass is 431 g/mol. The molecule has 1 fully saturated rings. The molecular formula is C23H29NO5S. The van der Waals surface area contributed by atoms with Crippen LogP contribution in [-0.2, 0) is 14.8 Å². The van der Waals surface area contributed by atoms with E-state index in [2.05, 4.69) is 11.6 Å². The SMILES string of the molecule is CCCC1CCC(C(=O)NS(=O)(=O)c2ccc(Oc3ccc(OC)cc3)cc2)CC1. The minimum absolute atomic E-state index is 0.0394. The Morgan fingerprint density at radius 1 is 0.933 bits per heavy atom. The van der Waals surface area contributed by atoms with Crippen molar-refractivity contribution in [1.29, 1.82) is 0 Å². The van der Waals surface area contributed by atoms with Crippen LogP contribution < -0.4 is 14.2 Å². The number of ether oxygens (including phenoxy) is 2. The Balaban J connectivity index is 1.58. The van der Waals surface area contributed by atoms with Gasteiger partial charge in [-0.2, -0.15) is 0 Å². The maximum atomic E-state index is 12.6. The number of carbonyl (C=O) groups excluding carboxylic acids is 1. The van der Waals surface area contributed by atoms with E-state index in [4.69, 9.17) is 9.47 Å². The zero-order chi connectivity index (χ0) is 21.6. The lowest BCUT2D eigenvalue weighted by Gasteiger charge is -2.27. The fourth-order valence-corrected chi connectivity index (χ4v) is 4.91. The number of methoxy groups -OCH3 is 1. The zero-order valence-electron chi connectivity index (χ0n) is 17.5. The van der Waals surface area contributed by atoms with E-state index in [0.29, 0.717) is 17.4 Å². The highest BCUT2D eigenvalue weighted by Gasteiger charge is 2.29. The van der Waals surface area contributed by atoms with Crippen molar-refractivity contribution < 1.29 is 22.7 Å². The Morgan fingerprint density at radius 3 is 2.00 bits per heavy atom. The average Bonchev–Trinajstić information content (AvgIpc) is 2.75. The lowest BCUT2D eigenvalue weighted by molar-refractivity contribution is -0.124. The molecule has 1 amide bonds. The van der Waals surface area contributed by atoms with Crippen LogP contribution in [0.4, 0.5) is 0 Å². The number of nitrogens with one attached hydrogen (secondary N) is 1. The van der Waals surface area contributed by atoms with E-state index in [-0.39, 0.29) is 10.8 Å². The molecule has 0 radical (unpaired) electrons. The van der Waals surface area contributed by atoms with Crippen molar-refractivity contribution in [1.82, 2.24) is 4.72 Å². The van der Waals surface area contributed by atoms with E-state index in [1.165, 1.54) is 18.6 Å². The van der Waals surface area contributed by atoms with Crippen LogP contribution in [0, 0.1) is 11.8 Å². The van der Waals surface area contributed by atoms with Gasteiger partial charge in [0.1, 0.15) is 17.2 Å². The number of carbonyl (C=O) groups is 1. The third-order valence-electron chi connectivity index (χ3n) is 5.58. The third-order valence-corrected chi connectivity index (χ3v) is 6.94. The summed E-state index contributed by atoms with van der Waals surface area (Å²) >= 11 is 0. The Bertz CT molecular complexity index is 931. The van der Waals surface area contributed by atoms with E-state index in [1.54, 1.807) is 43.5 Å². The maximum absolute atomic E-state index is 12.6. The number of amides is 1. The quantitative estimate of drug-likeness (QED) is 0.643. The van der Waals surface area contributed by atoms with Crippen molar-refractivity contribution in [3.63, 3.8) is 0 Å². The second-order valence-electron chi connectivity index (χ2n) is 7.73. The van der Waals surface area contributed by atoms with Gasteiger partial charge in [-0.3, -0.25) is 4.79 Å². The summed E-state index contributed by atoms with van der Waals surface area (Å²) in [4.78, 5) is 12.5.